The highest BCUT2D eigenvalue weighted by Crippen LogP contribution is 2.25. The molecule has 63 heavy (non-hydrogen) atoms. The molecule has 0 bridgehead atoms. The molecule has 0 radical (unpaired) electrons. The summed E-state index contributed by atoms with van der Waals surface area (Å²) in [5, 5.41) is 17.2. The Morgan fingerprint density at radius 3 is 0.556 bits per heavy atom. The molecular formula is C44H74O19. The second kappa shape index (κ2) is 45.8. The van der Waals surface area contributed by atoms with E-state index in [1.54, 1.807) is 0 Å². The lowest BCUT2D eigenvalue weighted by Crippen LogP contribution is -2.15. The van der Waals surface area contributed by atoms with Crippen molar-refractivity contribution in [2.45, 2.75) is 0 Å². The van der Waals surface area contributed by atoms with Crippen LogP contribution in [0.1, 0.15) is 0 Å². The van der Waals surface area contributed by atoms with Crippen LogP contribution >= 0.6 is 0 Å². The third-order valence-corrected chi connectivity index (χ3v) is 7.81. The van der Waals surface area contributed by atoms with Crippen molar-refractivity contribution < 1.29 is 90.7 Å². The molecular weight excluding hydrogens is 832 g/mol. The van der Waals surface area contributed by atoms with Gasteiger partial charge in [-0.25, -0.2) is 0 Å². The molecule has 2 rings (SSSR count). The summed E-state index contributed by atoms with van der Waals surface area (Å²) in [4.78, 5) is 0. The van der Waals surface area contributed by atoms with Crippen molar-refractivity contribution in [3.63, 3.8) is 0 Å². The Labute approximate surface area is 373 Å². The molecule has 19 nitrogen and oxygen atoms in total. The van der Waals surface area contributed by atoms with E-state index in [9.17, 15) is 0 Å². The van der Waals surface area contributed by atoms with Gasteiger partial charge < -0.3 is 90.7 Å². The molecule has 0 heterocycles. The quantitative estimate of drug-likeness (QED) is 0.0918. The highest BCUT2D eigenvalue weighted by atomic mass is 16.6. The molecule has 19 heteroatoms. The van der Waals surface area contributed by atoms with Gasteiger partial charge in [0.1, 0.15) is 36.2 Å². The van der Waals surface area contributed by atoms with E-state index < -0.39 is 0 Å². The lowest BCUT2D eigenvalue weighted by atomic mass is 10.3. The van der Waals surface area contributed by atoms with Crippen molar-refractivity contribution in [3.05, 3.63) is 48.5 Å². The Balaban J connectivity index is 1.30. The number of hydrogen-bond donors (Lipinski definition) is 2. The van der Waals surface area contributed by atoms with E-state index in [2.05, 4.69) is 0 Å². The molecule has 0 amide bonds. The summed E-state index contributed by atoms with van der Waals surface area (Å²) in [6, 6.07) is 14.8. The van der Waals surface area contributed by atoms with Crippen LogP contribution in [0, 0.1) is 0 Å². The van der Waals surface area contributed by atoms with Crippen molar-refractivity contribution in [1.82, 2.24) is 0 Å². The minimum absolute atomic E-state index is 0.0175. The van der Waals surface area contributed by atoms with Crippen molar-refractivity contribution in [3.8, 4) is 23.0 Å². The molecule has 0 saturated heterocycles. The summed E-state index contributed by atoms with van der Waals surface area (Å²) in [5.74, 6) is 2.82. The van der Waals surface area contributed by atoms with Gasteiger partial charge in [0.2, 0.25) is 0 Å². The first kappa shape index (κ1) is 56.3. The summed E-state index contributed by atoms with van der Waals surface area (Å²) in [5.41, 5.74) is 0. The van der Waals surface area contributed by atoms with Crippen molar-refractivity contribution in [1.29, 1.82) is 0 Å². The first-order valence-corrected chi connectivity index (χ1v) is 21.8. The molecule has 364 valence electrons. The SMILES string of the molecule is OCCOCCOCCOCCOCCOCCOCCOCCOc1ccc(Oc2ccc(OCCOCCOCCOCCOCCOCCOCCOCCO)cc2)cc1. The predicted octanol–water partition coefficient (Wildman–Crippen LogP) is 2.45. The fourth-order valence-electron chi connectivity index (χ4n) is 4.75. The third kappa shape index (κ3) is 38.2. The van der Waals surface area contributed by atoms with E-state index in [0.29, 0.717) is 210 Å². The molecule has 2 aromatic carbocycles. The maximum Gasteiger partial charge on any atom is 0.127 e. The van der Waals surface area contributed by atoms with Crippen LogP contribution in [0.15, 0.2) is 48.5 Å². The Morgan fingerprint density at radius 1 is 0.206 bits per heavy atom. The average Bonchev–Trinajstić information content (AvgIpc) is 3.30. The number of benzene rings is 2. The molecule has 0 fully saturated rings. The number of aliphatic hydroxyl groups is 2. The van der Waals surface area contributed by atoms with Crippen LogP contribution in [0.4, 0.5) is 0 Å². The second-order valence-electron chi connectivity index (χ2n) is 12.8. The largest absolute Gasteiger partial charge is 0.491 e. The third-order valence-electron chi connectivity index (χ3n) is 7.81. The van der Waals surface area contributed by atoms with Crippen LogP contribution in [-0.2, 0) is 66.3 Å². The first-order chi connectivity index (χ1) is 31.3. The molecule has 2 aromatic rings. The maximum absolute atomic E-state index is 8.61. The fraction of sp³-hybridized carbons (Fsp3) is 0.727. The zero-order valence-corrected chi connectivity index (χ0v) is 37.1. The fourth-order valence-corrected chi connectivity index (χ4v) is 4.75. The monoisotopic (exact) mass is 906 g/mol. The summed E-state index contributed by atoms with van der Waals surface area (Å²) < 4.78 is 93.3. The molecule has 0 aromatic heterocycles. The van der Waals surface area contributed by atoms with Gasteiger partial charge in [-0.1, -0.05) is 0 Å². The van der Waals surface area contributed by atoms with Crippen LogP contribution in [-0.4, -0.2) is 222 Å². The molecule has 0 aliphatic rings. The van der Waals surface area contributed by atoms with E-state index >= 15 is 0 Å². The van der Waals surface area contributed by atoms with Gasteiger partial charge in [-0.15, -0.1) is 0 Å². The van der Waals surface area contributed by atoms with Gasteiger partial charge in [0.25, 0.3) is 0 Å². The van der Waals surface area contributed by atoms with Crippen molar-refractivity contribution in [2.75, 3.05) is 211 Å². The van der Waals surface area contributed by atoms with Crippen LogP contribution in [0.2, 0.25) is 0 Å². The highest BCUT2D eigenvalue weighted by molar-refractivity contribution is 5.37. The zero-order valence-electron chi connectivity index (χ0n) is 37.1. The number of rotatable bonds is 50. The van der Waals surface area contributed by atoms with E-state index in [4.69, 9.17) is 90.7 Å². The number of ether oxygens (including phenoxy) is 17. The van der Waals surface area contributed by atoms with Crippen LogP contribution in [0.5, 0.6) is 23.0 Å². The molecule has 0 unspecified atom stereocenters. The predicted molar refractivity (Wildman–Crippen MR) is 230 cm³/mol. The van der Waals surface area contributed by atoms with E-state index in [0.717, 1.165) is 11.5 Å². The van der Waals surface area contributed by atoms with Crippen molar-refractivity contribution >= 4 is 0 Å². The lowest BCUT2D eigenvalue weighted by Gasteiger charge is -2.11. The van der Waals surface area contributed by atoms with Gasteiger partial charge in [-0.3, -0.25) is 0 Å². The van der Waals surface area contributed by atoms with Crippen LogP contribution in [0.3, 0.4) is 0 Å². The summed E-state index contributed by atoms with van der Waals surface area (Å²) in [7, 11) is 0. The summed E-state index contributed by atoms with van der Waals surface area (Å²) in [6.07, 6.45) is 0. The van der Waals surface area contributed by atoms with Gasteiger partial charge in [0, 0.05) is 0 Å². The molecule has 0 aliphatic carbocycles. The van der Waals surface area contributed by atoms with Gasteiger partial charge >= 0.3 is 0 Å². The van der Waals surface area contributed by atoms with Gasteiger partial charge in [0.15, 0.2) is 0 Å². The zero-order chi connectivity index (χ0) is 44.6. The Hall–Kier alpha value is -2.80. The Bertz CT molecular complexity index is 1110. The second-order valence-corrected chi connectivity index (χ2v) is 12.8. The smallest absolute Gasteiger partial charge is 0.127 e. The first-order valence-electron chi connectivity index (χ1n) is 21.8. The summed E-state index contributed by atoms with van der Waals surface area (Å²) >= 11 is 0. The molecule has 0 spiro atoms. The van der Waals surface area contributed by atoms with E-state index in [1.165, 1.54) is 0 Å². The number of hydrogen-bond acceptors (Lipinski definition) is 19. The average molecular weight is 907 g/mol. The number of aliphatic hydroxyl groups excluding tert-OH is 2. The van der Waals surface area contributed by atoms with Crippen LogP contribution in [0.25, 0.3) is 0 Å². The summed E-state index contributed by atoms with van der Waals surface area (Å²) in [6.45, 7) is 14.0. The molecule has 0 saturated carbocycles. The highest BCUT2D eigenvalue weighted by Gasteiger charge is 2.02. The topological polar surface area (TPSA) is 197 Å². The Morgan fingerprint density at radius 2 is 0.365 bits per heavy atom. The van der Waals surface area contributed by atoms with Gasteiger partial charge in [-0.05, 0) is 48.5 Å². The van der Waals surface area contributed by atoms with E-state index in [1.807, 2.05) is 48.5 Å². The normalized spacial score (nSPS) is 11.4. The molecule has 2 N–H and O–H groups in total. The Kier molecular flexibility index (Phi) is 40.9. The maximum atomic E-state index is 8.61. The van der Waals surface area contributed by atoms with Crippen LogP contribution < -0.4 is 14.2 Å². The van der Waals surface area contributed by atoms with Gasteiger partial charge in [-0.2, -0.15) is 0 Å². The van der Waals surface area contributed by atoms with Gasteiger partial charge in [0.05, 0.1) is 198 Å². The molecule has 0 aliphatic heterocycles. The van der Waals surface area contributed by atoms with E-state index in [-0.39, 0.29) is 13.2 Å². The minimum atomic E-state index is 0.0175. The standard InChI is InChI=1S/C44H74O19/c45-9-11-47-13-15-49-17-19-51-21-23-53-25-27-55-29-31-57-33-35-59-37-39-61-41-1-5-43(6-2-41)63-44-7-3-42(4-8-44)62-40-38-60-36-34-58-32-30-56-28-26-54-24-22-52-20-18-50-16-14-48-12-10-46/h1-8,45-46H,9-40H2. The minimum Gasteiger partial charge on any atom is -0.491 e. The van der Waals surface area contributed by atoms with Crippen molar-refractivity contribution in [2.24, 2.45) is 0 Å². The lowest BCUT2D eigenvalue weighted by molar-refractivity contribution is -0.0221. The molecule has 0 atom stereocenters.